The highest BCUT2D eigenvalue weighted by Crippen LogP contribution is 2.19. The van der Waals surface area contributed by atoms with E-state index in [2.05, 4.69) is 5.32 Å². The molecule has 2 aromatic rings. The highest BCUT2D eigenvalue weighted by atomic mass is 19.1. The first-order chi connectivity index (χ1) is 9.10. The number of carbonyl (C=O) groups is 1. The smallest absolute Gasteiger partial charge is 0.258 e. The maximum absolute atomic E-state index is 13.7. The van der Waals surface area contributed by atoms with E-state index in [1.54, 1.807) is 12.1 Å². The number of methoxy groups -OCH3 is 1. The summed E-state index contributed by atoms with van der Waals surface area (Å²) >= 11 is 0. The van der Waals surface area contributed by atoms with Crippen molar-refractivity contribution >= 4 is 11.6 Å². The van der Waals surface area contributed by atoms with Crippen molar-refractivity contribution in [1.82, 2.24) is 0 Å². The summed E-state index contributed by atoms with van der Waals surface area (Å²) in [6.07, 6.45) is 0. The first kappa shape index (κ1) is 12.9. The quantitative estimate of drug-likeness (QED) is 0.893. The summed E-state index contributed by atoms with van der Waals surface area (Å²) in [4.78, 5) is 11.9. The van der Waals surface area contributed by atoms with Crippen molar-refractivity contribution in [2.24, 2.45) is 0 Å². The first-order valence-corrected chi connectivity index (χ1v) is 5.54. The van der Waals surface area contributed by atoms with Gasteiger partial charge in [0.25, 0.3) is 5.91 Å². The third-order valence-electron chi connectivity index (χ3n) is 2.52. The van der Waals surface area contributed by atoms with Crippen LogP contribution >= 0.6 is 0 Å². The molecule has 0 atom stereocenters. The number of rotatable bonds is 3. The number of halogens is 1. The lowest BCUT2D eigenvalue weighted by atomic mass is 10.2. The highest BCUT2D eigenvalue weighted by molar-refractivity contribution is 6.04. The fourth-order valence-corrected chi connectivity index (χ4v) is 1.59. The van der Waals surface area contributed by atoms with Gasteiger partial charge in [-0.1, -0.05) is 6.07 Å². The zero-order chi connectivity index (χ0) is 13.8. The summed E-state index contributed by atoms with van der Waals surface area (Å²) in [6.45, 7) is 0. The van der Waals surface area contributed by atoms with E-state index in [0.717, 1.165) is 6.07 Å². The zero-order valence-electron chi connectivity index (χ0n) is 10.2. The van der Waals surface area contributed by atoms with Crippen LogP contribution in [0.5, 0.6) is 11.5 Å². The van der Waals surface area contributed by atoms with Gasteiger partial charge >= 0.3 is 0 Å². The van der Waals surface area contributed by atoms with Crippen molar-refractivity contribution < 1.29 is 19.0 Å². The van der Waals surface area contributed by atoms with Crippen molar-refractivity contribution in [1.29, 1.82) is 0 Å². The maximum Gasteiger partial charge on any atom is 0.258 e. The molecular formula is C14H12FNO3. The molecular weight excluding hydrogens is 249 g/mol. The molecule has 4 nitrogen and oxygen atoms in total. The Kier molecular flexibility index (Phi) is 3.66. The summed E-state index contributed by atoms with van der Waals surface area (Å²) in [7, 11) is 1.42. The Morgan fingerprint density at radius 3 is 2.68 bits per heavy atom. The molecule has 0 saturated carbocycles. The molecule has 98 valence electrons. The lowest BCUT2D eigenvalue weighted by Gasteiger charge is -2.07. The standard InChI is InChI=1S/C14H12FNO3/c1-19-11-5-6-12(13(15)8-11)14(18)16-9-3-2-4-10(17)7-9/h2-8,17H,1H3,(H,16,18). The van der Waals surface area contributed by atoms with E-state index in [9.17, 15) is 14.3 Å². The predicted octanol–water partition coefficient (Wildman–Crippen LogP) is 2.79. The van der Waals surface area contributed by atoms with E-state index in [-0.39, 0.29) is 11.3 Å². The summed E-state index contributed by atoms with van der Waals surface area (Å²) in [5, 5.41) is 11.8. The Labute approximate surface area is 109 Å². The van der Waals surface area contributed by atoms with E-state index in [0.29, 0.717) is 11.4 Å². The van der Waals surface area contributed by atoms with Crippen molar-refractivity contribution in [3.8, 4) is 11.5 Å². The Bertz CT molecular complexity index is 613. The van der Waals surface area contributed by atoms with Gasteiger partial charge in [-0.25, -0.2) is 4.39 Å². The molecule has 19 heavy (non-hydrogen) atoms. The normalized spacial score (nSPS) is 10.0. The van der Waals surface area contributed by atoms with Gasteiger partial charge in [-0.05, 0) is 24.3 Å². The number of carbonyl (C=O) groups excluding carboxylic acids is 1. The predicted molar refractivity (Wildman–Crippen MR) is 69.0 cm³/mol. The Morgan fingerprint density at radius 2 is 2.05 bits per heavy atom. The molecule has 0 aliphatic carbocycles. The van der Waals surface area contributed by atoms with Gasteiger partial charge in [0.1, 0.15) is 17.3 Å². The van der Waals surface area contributed by atoms with Crippen LogP contribution in [-0.4, -0.2) is 18.1 Å². The number of ether oxygens (including phenoxy) is 1. The molecule has 0 saturated heterocycles. The molecule has 0 aromatic heterocycles. The van der Waals surface area contributed by atoms with Crippen molar-refractivity contribution in [3.05, 3.63) is 53.8 Å². The maximum atomic E-state index is 13.7. The van der Waals surface area contributed by atoms with Gasteiger partial charge in [0.15, 0.2) is 0 Å². The molecule has 1 amide bonds. The summed E-state index contributed by atoms with van der Waals surface area (Å²) in [5.41, 5.74) is 0.296. The van der Waals surface area contributed by atoms with E-state index in [4.69, 9.17) is 4.74 Å². The minimum atomic E-state index is -0.669. The zero-order valence-corrected chi connectivity index (χ0v) is 10.2. The second-order valence-corrected chi connectivity index (χ2v) is 3.85. The molecule has 0 radical (unpaired) electrons. The van der Waals surface area contributed by atoms with Crippen LogP contribution in [0.2, 0.25) is 0 Å². The van der Waals surface area contributed by atoms with Crippen LogP contribution in [0.1, 0.15) is 10.4 Å². The molecule has 0 unspecified atom stereocenters. The summed E-state index contributed by atoms with van der Waals surface area (Å²) < 4.78 is 18.5. The van der Waals surface area contributed by atoms with E-state index >= 15 is 0 Å². The third-order valence-corrected chi connectivity index (χ3v) is 2.52. The number of nitrogens with one attached hydrogen (secondary N) is 1. The summed E-state index contributed by atoms with van der Waals surface area (Å²) in [6, 6.07) is 10.0. The number of anilines is 1. The van der Waals surface area contributed by atoms with Crippen LogP contribution in [0.4, 0.5) is 10.1 Å². The second-order valence-electron chi connectivity index (χ2n) is 3.85. The van der Waals surface area contributed by atoms with E-state index in [1.807, 2.05) is 0 Å². The fourth-order valence-electron chi connectivity index (χ4n) is 1.59. The van der Waals surface area contributed by atoms with Gasteiger partial charge in [0.05, 0.1) is 12.7 Å². The molecule has 2 N–H and O–H groups in total. The summed E-state index contributed by atoms with van der Waals surface area (Å²) in [5.74, 6) is -0.901. The minimum absolute atomic E-state index is 0.0213. The average molecular weight is 261 g/mol. The van der Waals surface area contributed by atoms with Gasteiger partial charge in [0, 0.05) is 17.8 Å². The van der Waals surface area contributed by atoms with Crippen LogP contribution in [0, 0.1) is 5.82 Å². The molecule has 0 fully saturated rings. The van der Waals surface area contributed by atoms with Crippen molar-refractivity contribution in [3.63, 3.8) is 0 Å². The van der Waals surface area contributed by atoms with Gasteiger partial charge in [0.2, 0.25) is 0 Å². The van der Waals surface area contributed by atoms with Crippen LogP contribution in [0.3, 0.4) is 0 Å². The van der Waals surface area contributed by atoms with Crippen LogP contribution < -0.4 is 10.1 Å². The Balaban J connectivity index is 2.20. The number of hydrogen-bond acceptors (Lipinski definition) is 3. The molecule has 5 heteroatoms. The van der Waals surface area contributed by atoms with E-state index < -0.39 is 11.7 Å². The molecule has 0 aliphatic heterocycles. The Hall–Kier alpha value is -2.56. The molecule has 0 aliphatic rings. The average Bonchev–Trinajstić information content (AvgIpc) is 2.38. The highest BCUT2D eigenvalue weighted by Gasteiger charge is 2.12. The van der Waals surface area contributed by atoms with Gasteiger partial charge in [-0.3, -0.25) is 4.79 Å². The molecule has 0 bridgehead atoms. The monoisotopic (exact) mass is 261 g/mol. The largest absolute Gasteiger partial charge is 0.508 e. The number of hydrogen-bond donors (Lipinski definition) is 2. The SMILES string of the molecule is COc1ccc(C(=O)Nc2cccc(O)c2)c(F)c1. The number of amides is 1. The topological polar surface area (TPSA) is 58.6 Å². The molecule has 0 spiro atoms. The lowest BCUT2D eigenvalue weighted by Crippen LogP contribution is -2.13. The van der Waals surface area contributed by atoms with Gasteiger partial charge < -0.3 is 15.2 Å². The fraction of sp³-hybridized carbons (Fsp3) is 0.0714. The van der Waals surface area contributed by atoms with Crippen molar-refractivity contribution in [2.45, 2.75) is 0 Å². The second kappa shape index (κ2) is 5.39. The van der Waals surface area contributed by atoms with Crippen LogP contribution in [-0.2, 0) is 0 Å². The minimum Gasteiger partial charge on any atom is -0.508 e. The van der Waals surface area contributed by atoms with Gasteiger partial charge in [-0.15, -0.1) is 0 Å². The Morgan fingerprint density at radius 1 is 1.26 bits per heavy atom. The van der Waals surface area contributed by atoms with Crippen LogP contribution in [0.15, 0.2) is 42.5 Å². The first-order valence-electron chi connectivity index (χ1n) is 5.54. The van der Waals surface area contributed by atoms with Crippen molar-refractivity contribution in [2.75, 3.05) is 12.4 Å². The molecule has 2 aromatic carbocycles. The molecule has 0 heterocycles. The number of phenolic OH excluding ortho intramolecular Hbond substituents is 1. The van der Waals surface area contributed by atoms with Crippen LogP contribution in [0.25, 0.3) is 0 Å². The number of phenols is 1. The lowest BCUT2D eigenvalue weighted by molar-refractivity contribution is 0.102. The van der Waals surface area contributed by atoms with Gasteiger partial charge in [-0.2, -0.15) is 0 Å². The number of benzene rings is 2. The molecule has 2 rings (SSSR count). The van der Waals surface area contributed by atoms with E-state index in [1.165, 1.54) is 31.4 Å². The third kappa shape index (κ3) is 3.01. The number of aromatic hydroxyl groups is 1.